The van der Waals surface area contributed by atoms with Crippen molar-refractivity contribution in [1.82, 2.24) is 5.32 Å². The van der Waals surface area contributed by atoms with Gasteiger partial charge in [0.15, 0.2) is 0 Å². The third kappa shape index (κ3) is 3.70. The number of carbonyl (C=O) groups excluding carboxylic acids is 1. The minimum Gasteiger partial charge on any atom is -0.322 e. The van der Waals surface area contributed by atoms with Gasteiger partial charge in [-0.3, -0.25) is 4.79 Å². The number of anilines is 1. The number of carbonyl (C=O) groups is 1. The van der Waals surface area contributed by atoms with Gasteiger partial charge in [-0.1, -0.05) is 18.2 Å². The zero-order valence-electron chi connectivity index (χ0n) is 13.0. The lowest BCUT2D eigenvalue weighted by Crippen LogP contribution is -2.14. The van der Waals surface area contributed by atoms with Gasteiger partial charge in [0.2, 0.25) is 0 Å². The van der Waals surface area contributed by atoms with E-state index in [1.165, 1.54) is 11.1 Å². The Hall–Kier alpha value is -2.13. The van der Waals surface area contributed by atoms with E-state index in [0.717, 1.165) is 11.3 Å². The second-order valence-corrected chi connectivity index (χ2v) is 5.39. The Labute approximate surface area is 126 Å². The molecule has 0 fully saturated rings. The highest BCUT2D eigenvalue weighted by Crippen LogP contribution is 2.17. The van der Waals surface area contributed by atoms with Crippen molar-refractivity contribution in [3.8, 4) is 0 Å². The van der Waals surface area contributed by atoms with E-state index in [4.69, 9.17) is 0 Å². The van der Waals surface area contributed by atoms with Crippen molar-refractivity contribution in [1.29, 1.82) is 0 Å². The fraction of sp³-hybridized carbons (Fsp3) is 0.278. The molecule has 0 heterocycles. The lowest BCUT2D eigenvalue weighted by atomic mass is 10.1. The van der Waals surface area contributed by atoms with E-state index in [1.54, 1.807) is 0 Å². The molecule has 0 aliphatic rings. The van der Waals surface area contributed by atoms with Crippen molar-refractivity contribution in [2.45, 2.75) is 26.8 Å². The summed E-state index contributed by atoms with van der Waals surface area (Å²) in [5.41, 5.74) is 5.01. The van der Waals surface area contributed by atoms with Gasteiger partial charge in [0.1, 0.15) is 0 Å². The SMILES string of the molecule is CNC(C)c1ccc(NC(=O)c2ccc(C)c(C)c2)cc1. The average Bonchev–Trinajstić information content (AvgIpc) is 2.50. The fourth-order valence-electron chi connectivity index (χ4n) is 2.11. The lowest BCUT2D eigenvalue weighted by Gasteiger charge is -2.12. The van der Waals surface area contributed by atoms with E-state index in [1.807, 2.05) is 63.4 Å². The zero-order chi connectivity index (χ0) is 15.4. The number of benzene rings is 2. The summed E-state index contributed by atoms with van der Waals surface area (Å²) in [6, 6.07) is 14.0. The first-order valence-electron chi connectivity index (χ1n) is 7.17. The number of amides is 1. The number of rotatable bonds is 4. The molecule has 0 spiro atoms. The van der Waals surface area contributed by atoms with Crippen molar-refractivity contribution in [2.24, 2.45) is 0 Å². The minimum absolute atomic E-state index is 0.0764. The molecule has 2 aromatic rings. The second-order valence-electron chi connectivity index (χ2n) is 5.39. The van der Waals surface area contributed by atoms with Gasteiger partial charge in [-0.05, 0) is 68.8 Å². The first-order chi connectivity index (χ1) is 10.0. The summed E-state index contributed by atoms with van der Waals surface area (Å²) in [5.74, 6) is -0.0764. The molecule has 2 N–H and O–H groups in total. The summed E-state index contributed by atoms with van der Waals surface area (Å²) in [7, 11) is 1.93. The maximum Gasteiger partial charge on any atom is 0.255 e. The lowest BCUT2D eigenvalue weighted by molar-refractivity contribution is 0.102. The molecule has 1 amide bonds. The van der Waals surface area contributed by atoms with Crippen molar-refractivity contribution >= 4 is 11.6 Å². The van der Waals surface area contributed by atoms with E-state index >= 15 is 0 Å². The van der Waals surface area contributed by atoms with Crippen LogP contribution in [0.1, 0.15) is 40.0 Å². The topological polar surface area (TPSA) is 41.1 Å². The van der Waals surface area contributed by atoms with Crippen LogP contribution in [0.4, 0.5) is 5.69 Å². The maximum atomic E-state index is 12.2. The molecule has 3 nitrogen and oxygen atoms in total. The van der Waals surface area contributed by atoms with Crippen LogP contribution in [-0.2, 0) is 0 Å². The summed E-state index contributed by atoms with van der Waals surface area (Å²) in [6.07, 6.45) is 0. The Kier molecular flexibility index (Phi) is 4.76. The molecule has 0 aromatic heterocycles. The maximum absolute atomic E-state index is 12.2. The molecule has 0 bridgehead atoms. The molecule has 0 aliphatic carbocycles. The third-order valence-corrected chi connectivity index (χ3v) is 3.87. The highest BCUT2D eigenvalue weighted by Gasteiger charge is 2.08. The van der Waals surface area contributed by atoms with Gasteiger partial charge in [-0.15, -0.1) is 0 Å². The minimum atomic E-state index is -0.0764. The summed E-state index contributed by atoms with van der Waals surface area (Å²) in [6.45, 7) is 6.15. The molecule has 2 rings (SSSR count). The zero-order valence-corrected chi connectivity index (χ0v) is 13.0. The second kappa shape index (κ2) is 6.55. The predicted molar refractivity (Wildman–Crippen MR) is 87.8 cm³/mol. The van der Waals surface area contributed by atoms with Gasteiger partial charge in [0.25, 0.3) is 5.91 Å². The quantitative estimate of drug-likeness (QED) is 0.894. The molecule has 0 radical (unpaired) electrons. The van der Waals surface area contributed by atoms with E-state index < -0.39 is 0 Å². The predicted octanol–water partition coefficient (Wildman–Crippen LogP) is 3.84. The Bertz CT molecular complexity index is 632. The molecule has 0 aliphatic heterocycles. The number of aryl methyl sites for hydroxylation is 2. The Morgan fingerprint density at radius 2 is 1.67 bits per heavy atom. The van der Waals surface area contributed by atoms with Crippen LogP contribution in [0.5, 0.6) is 0 Å². The average molecular weight is 282 g/mol. The van der Waals surface area contributed by atoms with E-state index in [-0.39, 0.29) is 5.91 Å². The van der Waals surface area contributed by atoms with E-state index in [0.29, 0.717) is 11.6 Å². The van der Waals surface area contributed by atoms with Gasteiger partial charge in [0.05, 0.1) is 0 Å². The largest absolute Gasteiger partial charge is 0.322 e. The summed E-state index contributed by atoms with van der Waals surface area (Å²) >= 11 is 0. The molecular formula is C18H22N2O. The van der Waals surface area contributed by atoms with Gasteiger partial charge in [-0.2, -0.15) is 0 Å². The van der Waals surface area contributed by atoms with Crippen molar-refractivity contribution in [2.75, 3.05) is 12.4 Å². The van der Waals surface area contributed by atoms with Gasteiger partial charge >= 0.3 is 0 Å². The molecule has 3 heteroatoms. The van der Waals surface area contributed by atoms with E-state index in [9.17, 15) is 4.79 Å². The molecule has 0 saturated carbocycles. The van der Waals surface area contributed by atoms with Gasteiger partial charge in [0, 0.05) is 17.3 Å². The van der Waals surface area contributed by atoms with Crippen LogP contribution >= 0.6 is 0 Å². The Morgan fingerprint density at radius 1 is 1.00 bits per heavy atom. The van der Waals surface area contributed by atoms with Crippen LogP contribution in [-0.4, -0.2) is 13.0 Å². The monoisotopic (exact) mass is 282 g/mol. The summed E-state index contributed by atoms with van der Waals surface area (Å²) in [5, 5.41) is 6.12. The molecule has 110 valence electrons. The molecule has 2 aromatic carbocycles. The van der Waals surface area contributed by atoms with Crippen LogP contribution in [0, 0.1) is 13.8 Å². The van der Waals surface area contributed by atoms with Crippen LogP contribution < -0.4 is 10.6 Å². The fourth-order valence-corrected chi connectivity index (χ4v) is 2.11. The molecule has 1 unspecified atom stereocenters. The number of hydrogen-bond donors (Lipinski definition) is 2. The Morgan fingerprint density at radius 3 is 2.24 bits per heavy atom. The van der Waals surface area contributed by atoms with Crippen molar-refractivity contribution in [3.63, 3.8) is 0 Å². The molecular weight excluding hydrogens is 260 g/mol. The van der Waals surface area contributed by atoms with E-state index in [2.05, 4.69) is 17.6 Å². The molecule has 0 saturated heterocycles. The summed E-state index contributed by atoms with van der Waals surface area (Å²) < 4.78 is 0. The van der Waals surface area contributed by atoms with Crippen LogP contribution in [0.15, 0.2) is 42.5 Å². The summed E-state index contributed by atoms with van der Waals surface area (Å²) in [4.78, 5) is 12.2. The third-order valence-electron chi connectivity index (χ3n) is 3.87. The van der Waals surface area contributed by atoms with Crippen molar-refractivity contribution < 1.29 is 4.79 Å². The number of nitrogens with one attached hydrogen (secondary N) is 2. The highest BCUT2D eigenvalue weighted by atomic mass is 16.1. The van der Waals surface area contributed by atoms with Crippen LogP contribution in [0.25, 0.3) is 0 Å². The smallest absolute Gasteiger partial charge is 0.255 e. The van der Waals surface area contributed by atoms with Crippen molar-refractivity contribution in [3.05, 3.63) is 64.7 Å². The molecule has 1 atom stereocenters. The van der Waals surface area contributed by atoms with Gasteiger partial charge in [-0.25, -0.2) is 0 Å². The normalized spacial score (nSPS) is 12.0. The standard InChI is InChI=1S/C18H22N2O/c1-12-5-6-16(11-13(12)2)18(21)20-17-9-7-15(8-10-17)14(3)19-4/h5-11,14,19H,1-4H3,(H,20,21). The van der Waals surface area contributed by atoms with Crippen LogP contribution in [0.3, 0.4) is 0 Å². The van der Waals surface area contributed by atoms with Gasteiger partial charge < -0.3 is 10.6 Å². The first-order valence-corrected chi connectivity index (χ1v) is 7.17. The highest BCUT2D eigenvalue weighted by molar-refractivity contribution is 6.04. The van der Waals surface area contributed by atoms with Crippen LogP contribution in [0.2, 0.25) is 0 Å². The first kappa shape index (κ1) is 15.3. The molecule has 21 heavy (non-hydrogen) atoms. The number of hydrogen-bond acceptors (Lipinski definition) is 2. The Balaban J connectivity index is 2.10.